The van der Waals surface area contributed by atoms with Crippen molar-refractivity contribution in [2.75, 3.05) is 32.8 Å². The maximum Gasteiger partial charge on any atom is 0.289 e. The summed E-state index contributed by atoms with van der Waals surface area (Å²) in [7, 11) is 0. The summed E-state index contributed by atoms with van der Waals surface area (Å²) in [5, 5.41) is 0. The van der Waals surface area contributed by atoms with E-state index in [0.717, 1.165) is 12.1 Å². The third-order valence-electron chi connectivity index (χ3n) is 6.97. The number of hydrogen-bond acceptors (Lipinski definition) is 5. The second-order valence-corrected chi connectivity index (χ2v) is 9.53. The number of carbonyl (C=O) groups is 2. The number of piperidine rings is 1. The van der Waals surface area contributed by atoms with E-state index in [1.807, 2.05) is 35.9 Å². The van der Waals surface area contributed by atoms with Gasteiger partial charge in [0.2, 0.25) is 0 Å². The van der Waals surface area contributed by atoms with Crippen LogP contribution in [-0.4, -0.2) is 64.8 Å². The molecular weight excluding hydrogens is 477 g/mol. The second-order valence-electron chi connectivity index (χ2n) is 9.53. The first-order valence-corrected chi connectivity index (χ1v) is 12.8. The second kappa shape index (κ2) is 10.9. The summed E-state index contributed by atoms with van der Waals surface area (Å²) in [5.41, 5.74) is 1.39. The van der Waals surface area contributed by atoms with Gasteiger partial charge in [-0.2, -0.15) is 0 Å². The number of amides is 2. The van der Waals surface area contributed by atoms with Gasteiger partial charge in [-0.25, -0.2) is 4.39 Å². The maximum absolute atomic E-state index is 13.3. The molecule has 196 valence electrons. The highest BCUT2D eigenvalue weighted by Gasteiger charge is 2.41. The molecule has 3 aromatic rings. The van der Waals surface area contributed by atoms with E-state index < -0.39 is 5.79 Å². The SMILES string of the molecule is CCCN(Cc1cccn1Cc1ccc(C(=O)N2CCC3(CC2)OCCO3)o1)C(=O)c1ccc(F)cc1. The molecule has 37 heavy (non-hydrogen) atoms. The molecule has 9 heteroatoms. The summed E-state index contributed by atoms with van der Waals surface area (Å²) < 4.78 is 32.8. The van der Waals surface area contributed by atoms with Gasteiger partial charge in [0.25, 0.3) is 11.8 Å². The molecule has 4 heterocycles. The highest BCUT2D eigenvalue weighted by Crippen LogP contribution is 2.32. The Labute approximate surface area is 215 Å². The Hall–Kier alpha value is -3.43. The molecule has 2 aromatic heterocycles. The predicted molar refractivity (Wildman–Crippen MR) is 133 cm³/mol. The van der Waals surface area contributed by atoms with Crippen LogP contribution in [0, 0.1) is 5.82 Å². The lowest BCUT2D eigenvalue weighted by molar-refractivity contribution is -0.181. The Morgan fingerprint density at radius 1 is 1.03 bits per heavy atom. The van der Waals surface area contributed by atoms with E-state index in [1.54, 1.807) is 15.9 Å². The van der Waals surface area contributed by atoms with Gasteiger partial charge in [-0.3, -0.25) is 9.59 Å². The Bertz CT molecular complexity index is 1220. The minimum absolute atomic E-state index is 0.133. The molecule has 0 unspecified atom stereocenters. The summed E-state index contributed by atoms with van der Waals surface area (Å²) >= 11 is 0. The van der Waals surface area contributed by atoms with Crippen molar-refractivity contribution in [3.63, 3.8) is 0 Å². The van der Waals surface area contributed by atoms with Gasteiger partial charge in [0.15, 0.2) is 11.5 Å². The molecule has 5 rings (SSSR count). The fourth-order valence-corrected chi connectivity index (χ4v) is 4.98. The van der Waals surface area contributed by atoms with Crippen molar-refractivity contribution in [3.05, 3.63) is 83.3 Å². The molecule has 8 nitrogen and oxygen atoms in total. The zero-order valence-electron chi connectivity index (χ0n) is 21.0. The number of rotatable bonds is 8. The number of carbonyl (C=O) groups excluding carboxylic acids is 2. The summed E-state index contributed by atoms with van der Waals surface area (Å²) in [6.07, 6.45) is 4.04. The highest BCUT2D eigenvalue weighted by atomic mass is 19.1. The smallest absolute Gasteiger partial charge is 0.289 e. The first kappa shape index (κ1) is 25.2. The summed E-state index contributed by atoms with van der Waals surface area (Å²) in [6, 6.07) is 13.0. The number of ether oxygens (including phenoxy) is 2. The van der Waals surface area contributed by atoms with Crippen molar-refractivity contribution in [2.24, 2.45) is 0 Å². The predicted octanol–water partition coefficient (Wildman–Crippen LogP) is 4.30. The Morgan fingerprint density at radius 2 is 1.76 bits per heavy atom. The van der Waals surface area contributed by atoms with E-state index in [4.69, 9.17) is 13.9 Å². The van der Waals surface area contributed by atoms with E-state index in [1.165, 1.54) is 24.3 Å². The average molecular weight is 510 g/mol. The molecule has 1 spiro atoms. The monoisotopic (exact) mass is 509 g/mol. The molecule has 2 saturated heterocycles. The van der Waals surface area contributed by atoms with Gasteiger partial charge in [-0.15, -0.1) is 0 Å². The topological polar surface area (TPSA) is 77.2 Å². The molecule has 0 radical (unpaired) electrons. The number of halogens is 1. The summed E-state index contributed by atoms with van der Waals surface area (Å²) in [5.74, 6) is -0.205. The molecule has 0 saturated carbocycles. The van der Waals surface area contributed by atoms with E-state index in [2.05, 4.69) is 0 Å². The van der Waals surface area contributed by atoms with Gasteiger partial charge < -0.3 is 28.3 Å². The van der Waals surface area contributed by atoms with Crippen LogP contribution in [0.5, 0.6) is 0 Å². The van der Waals surface area contributed by atoms with Crippen LogP contribution in [-0.2, 0) is 22.6 Å². The van der Waals surface area contributed by atoms with Crippen molar-refractivity contribution < 1.29 is 27.9 Å². The molecule has 0 atom stereocenters. The summed E-state index contributed by atoms with van der Waals surface area (Å²) in [6.45, 7) is 5.77. The first-order valence-electron chi connectivity index (χ1n) is 12.8. The fraction of sp³-hybridized carbons (Fsp3) is 0.429. The third kappa shape index (κ3) is 5.62. The number of aromatic nitrogens is 1. The van der Waals surface area contributed by atoms with E-state index in [9.17, 15) is 14.0 Å². The van der Waals surface area contributed by atoms with Crippen LogP contribution < -0.4 is 0 Å². The quantitative estimate of drug-likeness (QED) is 0.453. The minimum atomic E-state index is -0.528. The van der Waals surface area contributed by atoms with Crippen LogP contribution in [0.15, 0.2) is 59.1 Å². The average Bonchev–Trinajstić information content (AvgIpc) is 3.67. The van der Waals surface area contributed by atoms with E-state index in [0.29, 0.717) is 75.9 Å². The molecule has 1 aromatic carbocycles. The summed E-state index contributed by atoms with van der Waals surface area (Å²) in [4.78, 5) is 29.6. The van der Waals surface area contributed by atoms with Gasteiger partial charge >= 0.3 is 0 Å². The largest absolute Gasteiger partial charge is 0.454 e. The van der Waals surface area contributed by atoms with Gasteiger partial charge in [0.05, 0.1) is 26.3 Å². The van der Waals surface area contributed by atoms with Crippen LogP contribution >= 0.6 is 0 Å². The number of nitrogens with zero attached hydrogens (tertiary/aromatic N) is 3. The lowest BCUT2D eigenvalue weighted by Crippen LogP contribution is -2.47. The van der Waals surface area contributed by atoms with Crippen molar-refractivity contribution in [3.8, 4) is 0 Å². The fourth-order valence-electron chi connectivity index (χ4n) is 4.98. The normalized spacial score (nSPS) is 16.9. The molecule has 0 aliphatic carbocycles. The van der Waals surface area contributed by atoms with E-state index in [-0.39, 0.29) is 17.6 Å². The highest BCUT2D eigenvalue weighted by molar-refractivity contribution is 5.94. The van der Waals surface area contributed by atoms with Crippen LogP contribution in [0.1, 0.15) is 58.6 Å². The molecule has 2 aliphatic heterocycles. The van der Waals surface area contributed by atoms with Gasteiger partial charge in [-0.05, 0) is 55.0 Å². The van der Waals surface area contributed by atoms with Crippen molar-refractivity contribution in [1.82, 2.24) is 14.4 Å². The molecule has 2 aliphatic rings. The Kier molecular flexibility index (Phi) is 7.43. The number of benzene rings is 1. The standard InChI is InChI=1S/C28H32FN3O5/c1-2-13-32(26(33)21-5-7-22(29)8-6-21)19-23-4-3-14-31(23)20-24-9-10-25(37-24)27(34)30-15-11-28(12-16-30)35-17-18-36-28/h3-10,14H,2,11-13,15-20H2,1H3. The Balaban J connectivity index is 1.22. The molecule has 0 bridgehead atoms. The molecular formula is C28H32FN3O5. The zero-order valence-corrected chi connectivity index (χ0v) is 21.0. The van der Waals surface area contributed by atoms with Crippen LogP contribution in [0.3, 0.4) is 0 Å². The minimum Gasteiger partial charge on any atom is -0.454 e. The lowest BCUT2D eigenvalue weighted by atomic mass is 10.0. The number of likely N-dealkylation sites (tertiary alicyclic amines) is 1. The zero-order chi connectivity index (χ0) is 25.8. The first-order chi connectivity index (χ1) is 18.0. The van der Waals surface area contributed by atoms with Gasteiger partial charge in [-0.1, -0.05) is 6.92 Å². The van der Waals surface area contributed by atoms with Crippen molar-refractivity contribution in [2.45, 2.75) is 45.1 Å². The van der Waals surface area contributed by atoms with Crippen molar-refractivity contribution >= 4 is 11.8 Å². The maximum atomic E-state index is 13.3. The Morgan fingerprint density at radius 3 is 2.46 bits per heavy atom. The molecule has 0 N–H and O–H groups in total. The number of hydrogen-bond donors (Lipinski definition) is 0. The van der Waals surface area contributed by atoms with Crippen LogP contribution in [0.25, 0.3) is 0 Å². The van der Waals surface area contributed by atoms with Crippen LogP contribution in [0.4, 0.5) is 4.39 Å². The molecule has 2 amide bonds. The molecule has 2 fully saturated rings. The van der Waals surface area contributed by atoms with Gasteiger partial charge in [0, 0.05) is 49.9 Å². The van der Waals surface area contributed by atoms with Crippen LogP contribution in [0.2, 0.25) is 0 Å². The third-order valence-corrected chi connectivity index (χ3v) is 6.97. The van der Waals surface area contributed by atoms with E-state index >= 15 is 0 Å². The van der Waals surface area contributed by atoms with Crippen molar-refractivity contribution in [1.29, 1.82) is 0 Å². The lowest BCUT2D eigenvalue weighted by Gasteiger charge is -2.37. The van der Waals surface area contributed by atoms with Gasteiger partial charge in [0.1, 0.15) is 11.6 Å². The number of furan rings is 1.